The Labute approximate surface area is 430 Å². The second kappa shape index (κ2) is 18.9. The van der Waals surface area contributed by atoms with E-state index in [0.29, 0.717) is 33.7 Å². The number of phenols is 1. The summed E-state index contributed by atoms with van der Waals surface area (Å²) >= 11 is 0. The van der Waals surface area contributed by atoms with Gasteiger partial charge in [0, 0.05) is 49.6 Å². The molecule has 5 heteroatoms. The number of aromatic nitrogens is 3. The Morgan fingerprint density at radius 3 is 1.81 bits per heavy atom. The first-order valence-electron chi connectivity index (χ1n) is 25.6. The van der Waals surface area contributed by atoms with Crippen molar-refractivity contribution in [2.24, 2.45) is 0 Å². The van der Waals surface area contributed by atoms with Crippen LogP contribution in [0.4, 0.5) is 0 Å². The number of fused-ring (bicyclic) bond motifs is 1. The van der Waals surface area contributed by atoms with Crippen LogP contribution in [-0.2, 0) is 37.3 Å². The van der Waals surface area contributed by atoms with Crippen LogP contribution in [0.2, 0.25) is 0 Å². The summed E-state index contributed by atoms with van der Waals surface area (Å²) in [5, 5.41) is 12.7. The third kappa shape index (κ3) is 9.79. The monoisotopic (exact) mass is 1090 g/mol. The van der Waals surface area contributed by atoms with Gasteiger partial charge in [0.05, 0.1) is 22.3 Å². The first-order chi connectivity index (χ1) is 33.8. The zero-order chi connectivity index (χ0) is 51.7. The minimum Gasteiger partial charge on any atom is -0.507 e. The van der Waals surface area contributed by atoms with Crippen molar-refractivity contribution in [2.45, 2.75) is 105 Å². The van der Waals surface area contributed by atoms with Gasteiger partial charge in [0.1, 0.15) is 11.6 Å². The molecule has 2 aromatic heterocycles. The molecule has 9 rings (SSSR count). The first-order valence-corrected chi connectivity index (χ1v) is 23.6. The molecule has 352 valence electrons. The van der Waals surface area contributed by atoms with Crippen molar-refractivity contribution in [3.05, 3.63) is 192 Å². The normalized spacial score (nSPS) is 13.3. The second-order valence-corrected chi connectivity index (χ2v) is 21.5. The van der Waals surface area contributed by atoms with Crippen LogP contribution in [0.1, 0.15) is 115 Å². The summed E-state index contributed by atoms with van der Waals surface area (Å²) in [4.78, 5) is 10.6. The molecule has 0 unspecified atom stereocenters. The van der Waals surface area contributed by atoms with E-state index in [1.165, 1.54) is 0 Å². The molecule has 0 aliphatic rings. The number of benzene rings is 7. The van der Waals surface area contributed by atoms with Gasteiger partial charge in [-0.1, -0.05) is 196 Å². The van der Waals surface area contributed by atoms with Gasteiger partial charge in [-0.05, 0) is 104 Å². The summed E-state index contributed by atoms with van der Waals surface area (Å²) in [5.41, 5.74) is 14.2. The molecule has 2 heterocycles. The number of rotatable bonds is 8. The predicted octanol–water partition coefficient (Wildman–Crippen LogP) is 17.3. The zero-order valence-corrected chi connectivity index (χ0v) is 43.9. The maximum absolute atomic E-state index is 12.7. The molecule has 9 aromatic rings. The summed E-state index contributed by atoms with van der Waals surface area (Å²) < 4.78 is 37.3. The van der Waals surface area contributed by atoms with E-state index in [2.05, 4.69) is 128 Å². The first kappa shape index (κ1) is 43.9. The molecule has 7 aromatic carbocycles. The van der Waals surface area contributed by atoms with Crippen molar-refractivity contribution in [1.82, 2.24) is 14.5 Å². The number of aryl methyl sites for hydroxylation is 1. The van der Waals surface area contributed by atoms with Gasteiger partial charge in [0.15, 0.2) is 0 Å². The van der Waals surface area contributed by atoms with Gasteiger partial charge in [-0.3, -0.25) is 9.55 Å². The van der Waals surface area contributed by atoms with E-state index in [-0.39, 0.29) is 43.2 Å². The minimum absolute atomic E-state index is 0. The summed E-state index contributed by atoms with van der Waals surface area (Å²) in [5.74, 6) is -0.0398. The van der Waals surface area contributed by atoms with Crippen LogP contribution in [0, 0.1) is 12.9 Å². The summed E-state index contributed by atoms with van der Waals surface area (Å²) in [6.07, 6.45) is 1.84. The average molecular weight is 1090 g/mol. The fourth-order valence-electron chi connectivity index (χ4n) is 9.07. The second-order valence-electron chi connectivity index (χ2n) is 21.5. The van der Waals surface area contributed by atoms with E-state index in [9.17, 15) is 5.11 Å². The molecule has 0 aliphatic heterocycles. The van der Waals surface area contributed by atoms with E-state index in [4.69, 9.17) is 15.5 Å². The predicted molar refractivity (Wildman–Crippen MR) is 287 cm³/mol. The van der Waals surface area contributed by atoms with Gasteiger partial charge in [-0.2, -0.15) is 0 Å². The molecule has 0 atom stereocenters. The van der Waals surface area contributed by atoms with Gasteiger partial charge in [-0.25, -0.2) is 4.98 Å². The van der Waals surface area contributed by atoms with Gasteiger partial charge in [-0.15, -0.1) is 29.3 Å². The molecule has 1 N–H and O–H groups in total. The number of para-hydroxylation sites is 1. The SMILES string of the molecule is [2H]C([2H])([2H])c1cc(-c2ccccc2)c(-n2c(-c3cc(C(C)(C)C)cc(C(C)(C)C)c3O)nc3c(-c4[c-]c(-c5cc(-c6ccc(C([2H])(C)C)cc6)ccn5)cc(C(C)(C)C)c4)cccc32)cc1-c1ccccc1.[Pt]. The van der Waals surface area contributed by atoms with Gasteiger partial charge in [0.25, 0.3) is 0 Å². The Morgan fingerprint density at radius 1 is 0.580 bits per heavy atom. The minimum atomic E-state index is -2.44. The van der Waals surface area contributed by atoms with Crippen LogP contribution in [0.3, 0.4) is 0 Å². The third-order valence-corrected chi connectivity index (χ3v) is 13.1. The van der Waals surface area contributed by atoms with Crippen LogP contribution in [0.25, 0.3) is 83.9 Å². The number of nitrogens with zero attached hydrogens (tertiary/aromatic N) is 3. The Hall–Kier alpha value is -6.35. The summed E-state index contributed by atoms with van der Waals surface area (Å²) in [6, 6.07) is 54.3. The molecule has 0 saturated carbocycles. The standard InChI is InChI=1S/C64H64N3O.Pt/c1-40(2)42-26-28-43(29-27-42)46-30-31-65-56(36-46)48-33-47(34-49(35-48)62(4,5)6)51-24-19-25-57-59(51)66-61(54-37-50(63(7,8)9)38-55(60(54)68)64(10,11)12)67(57)58-39-52(44-20-15-13-16-21-44)41(3)32-53(58)45-22-17-14-18-23-45;/h13-32,34-40,68H,1-12H3;/q-1;/i3D3,40D;. The average Bonchev–Trinajstić information content (AvgIpc) is 3.72. The number of phenolic OH excluding ortho intramolecular Hbond substituents is 1. The fourth-order valence-corrected chi connectivity index (χ4v) is 9.07. The Kier molecular flexibility index (Phi) is 12.0. The van der Waals surface area contributed by atoms with E-state index >= 15 is 0 Å². The molecule has 0 radical (unpaired) electrons. The molecule has 0 amide bonds. The third-order valence-electron chi connectivity index (χ3n) is 13.1. The fraction of sp³-hybridized carbons (Fsp3) is 0.250. The van der Waals surface area contributed by atoms with Gasteiger partial charge in [0.2, 0.25) is 0 Å². The summed E-state index contributed by atoms with van der Waals surface area (Å²) in [7, 11) is 0. The van der Waals surface area contributed by atoms with Crippen molar-refractivity contribution >= 4 is 11.0 Å². The largest absolute Gasteiger partial charge is 0.507 e. The number of hydrogen-bond acceptors (Lipinski definition) is 3. The van der Waals surface area contributed by atoms with Crippen LogP contribution in [-0.4, -0.2) is 19.6 Å². The van der Waals surface area contributed by atoms with Crippen molar-refractivity contribution in [2.75, 3.05) is 0 Å². The van der Waals surface area contributed by atoms with E-state index < -0.39 is 18.2 Å². The molecule has 0 spiro atoms. The number of hydrogen-bond donors (Lipinski definition) is 1. The number of aromatic hydroxyl groups is 1. The molecule has 0 bridgehead atoms. The smallest absolute Gasteiger partial charge is 0.148 e. The molecule has 0 aliphatic carbocycles. The van der Waals surface area contributed by atoms with Crippen molar-refractivity contribution < 1.29 is 31.7 Å². The number of imidazole rings is 1. The Balaban J connectivity index is 0.00000711. The van der Waals surface area contributed by atoms with Crippen molar-refractivity contribution in [3.8, 4) is 78.6 Å². The molecule has 4 nitrogen and oxygen atoms in total. The van der Waals surface area contributed by atoms with Crippen LogP contribution >= 0.6 is 0 Å². The van der Waals surface area contributed by atoms with Crippen LogP contribution in [0.5, 0.6) is 5.75 Å². The zero-order valence-electron chi connectivity index (χ0n) is 45.6. The van der Waals surface area contributed by atoms with Crippen LogP contribution in [0.15, 0.2) is 158 Å². The molecule has 69 heavy (non-hydrogen) atoms. The van der Waals surface area contributed by atoms with Crippen LogP contribution < -0.4 is 0 Å². The topological polar surface area (TPSA) is 50.9 Å². The molecule has 0 fully saturated rings. The van der Waals surface area contributed by atoms with Crippen molar-refractivity contribution in [3.63, 3.8) is 0 Å². The maximum atomic E-state index is 12.7. The van der Waals surface area contributed by atoms with Gasteiger partial charge >= 0.3 is 0 Å². The summed E-state index contributed by atoms with van der Waals surface area (Å²) in [6.45, 7) is 20.9. The molecule has 0 saturated heterocycles. The number of pyridine rings is 1. The van der Waals surface area contributed by atoms with E-state index in [0.717, 1.165) is 72.4 Å². The van der Waals surface area contributed by atoms with E-state index in [1.807, 2.05) is 117 Å². The Morgan fingerprint density at radius 2 is 1.20 bits per heavy atom. The quantitative estimate of drug-likeness (QED) is 0.154. The molecular formula is C64H64N3OPt-. The molecular weight excluding hydrogens is 1020 g/mol. The van der Waals surface area contributed by atoms with Gasteiger partial charge < -0.3 is 5.11 Å². The van der Waals surface area contributed by atoms with Crippen molar-refractivity contribution in [1.29, 1.82) is 0 Å². The Bertz CT molecular complexity index is 3480. The maximum Gasteiger partial charge on any atom is 0.148 e. The van der Waals surface area contributed by atoms with E-state index in [1.54, 1.807) is 0 Å².